The molecule has 2 aliphatic heterocycles. The van der Waals surface area contributed by atoms with Crippen LogP contribution in [-0.2, 0) is 14.3 Å². The van der Waals surface area contributed by atoms with Crippen LogP contribution >= 0.6 is 0 Å². The monoisotopic (exact) mass is 580 g/mol. The first kappa shape index (κ1) is 31.4. The van der Waals surface area contributed by atoms with E-state index >= 15 is 0 Å². The molecule has 2 fully saturated rings. The van der Waals surface area contributed by atoms with Crippen LogP contribution in [0.5, 0.6) is 17.2 Å². The Labute approximate surface area is 249 Å². The SMILES string of the molecule is CCOc1ccc(C(O)=C2C(=O)C(=O)N(CCCN3CCOCC3)C2c2ccc(OCCC(C)C)c(OCC)c2)cc1. The summed E-state index contributed by atoms with van der Waals surface area (Å²) in [5.41, 5.74) is 1.17. The molecule has 0 aromatic heterocycles. The molecule has 1 N–H and O–H groups in total. The van der Waals surface area contributed by atoms with E-state index in [-0.39, 0.29) is 11.3 Å². The van der Waals surface area contributed by atoms with Crippen molar-refractivity contribution < 1.29 is 33.6 Å². The van der Waals surface area contributed by atoms with Crippen LogP contribution in [0, 0.1) is 5.92 Å². The number of nitrogens with zero attached hydrogens (tertiary/aromatic N) is 2. The molecule has 228 valence electrons. The third-order valence-electron chi connectivity index (χ3n) is 7.49. The van der Waals surface area contributed by atoms with Crippen molar-refractivity contribution in [3.8, 4) is 17.2 Å². The fourth-order valence-electron chi connectivity index (χ4n) is 5.26. The van der Waals surface area contributed by atoms with Crippen LogP contribution in [0.2, 0.25) is 0 Å². The molecule has 1 unspecified atom stereocenters. The van der Waals surface area contributed by atoms with Crippen molar-refractivity contribution in [2.24, 2.45) is 5.92 Å². The first-order chi connectivity index (χ1) is 20.3. The molecule has 0 radical (unpaired) electrons. The Morgan fingerprint density at radius 1 is 0.952 bits per heavy atom. The lowest BCUT2D eigenvalue weighted by atomic mass is 9.95. The number of ether oxygens (including phenoxy) is 4. The van der Waals surface area contributed by atoms with E-state index < -0.39 is 17.7 Å². The molecule has 2 aromatic carbocycles. The van der Waals surface area contributed by atoms with Gasteiger partial charge in [0.1, 0.15) is 11.5 Å². The molecule has 9 nitrogen and oxygen atoms in total. The zero-order valence-electron chi connectivity index (χ0n) is 25.3. The molecule has 2 aromatic rings. The summed E-state index contributed by atoms with van der Waals surface area (Å²) in [4.78, 5) is 30.8. The molecule has 1 amide bonds. The minimum absolute atomic E-state index is 0.0615. The number of hydrogen-bond acceptors (Lipinski definition) is 8. The number of aliphatic hydroxyl groups excluding tert-OH is 1. The van der Waals surface area contributed by atoms with Gasteiger partial charge in [-0.2, -0.15) is 0 Å². The van der Waals surface area contributed by atoms with Gasteiger partial charge in [0.2, 0.25) is 0 Å². The molecule has 0 saturated carbocycles. The third-order valence-corrected chi connectivity index (χ3v) is 7.49. The molecule has 9 heteroatoms. The number of rotatable bonds is 14. The average molecular weight is 581 g/mol. The number of morpholine rings is 1. The minimum atomic E-state index is -0.773. The first-order valence-corrected chi connectivity index (χ1v) is 15.0. The van der Waals surface area contributed by atoms with Crippen LogP contribution < -0.4 is 14.2 Å². The number of aliphatic hydroxyl groups is 1. The van der Waals surface area contributed by atoms with Crippen molar-refractivity contribution in [2.45, 2.75) is 46.6 Å². The number of hydrogen-bond donors (Lipinski definition) is 1. The fraction of sp³-hybridized carbons (Fsp3) is 0.515. The minimum Gasteiger partial charge on any atom is -0.507 e. The van der Waals surface area contributed by atoms with Gasteiger partial charge >= 0.3 is 0 Å². The summed E-state index contributed by atoms with van der Waals surface area (Å²) in [6.07, 6.45) is 1.58. The number of amides is 1. The van der Waals surface area contributed by atoms with Gasteiger partial charge in [-0.3, -0.25) is 14.5 Å². The molecule has 4 rings (SSSR count). The van der Waals surface area contributed by atoms with Crippen LogP contribution in [0.3, 0.4) is 0 Å². The second kappa shape index (κ2) is 15.1. The topological polar surface area (TPSA) is 97.8 Å². The Balaban J connectivity index is 1.70. The van der Waals surface area contributed by atoms with Gasteiger partial charge in [-0.15, -0.1) is 0 Å². The van der Waals surface area contributed by atoms with Crippen LogP contribution in [0.15, 0.2) is 48.0 Å². The summed E-state index contributed by atoms with van der Waals surface area (Å²) in [6.45, 7) is 13.8. The van der Waals surface area contributed by atoms with Crippen molar-refractivity contribution >= 4 is 17.4 Å². The zero-order valence-corrected chi connectivity index (χ0v) is 25.3. The summed E-state index contributed by atoms with van der Waals surface area (Å²) >= 11 is 0. The molecule has 1 atom stereocenters. The lowest BCUT2D eigenvalue weighted by Crippen LogP contribution is -2.39. The summed E-state index contributed by atoms with van der Waals surface area (Å²) in [5.74, 6) is 0.768. The fourth-order valence-corrected chi connectivity index (χ4v) is 5.26. The maximum atomic E-state index is 13.5. The van der Waals surface area contributed by atoms with E-state index in [9.17, 15) is 14.7 Å². The van der Waals surface area contributed by atoms with E-state index in [0.717, 1.165) is 26.1 Å². The standard InChI is InChI=1S/C33H44N2O7/c1-5-40-26-11-8-24(9-12-26)31(36)29-30(25-10-13-27(28(22-25)41-6-2)42-19-14-23(3)4)35(33(38)32(29)37)16-7-15-34-17-20-39-21-18-34/h8-13,22-23,30,36H,5-7,14-21H2,1-4H3. The van der Waals surface area contributed by atoms with E-state index in [0.29, 0.717) is 80.3 Å². The van der Waals surface area contributed by atoms with Gasteiger partial charge in [-0.1, -0.05) is 19.9 Å². The Kier molecular flexibility index (Phi) is 11.3. The van der Waals surface area contributed by atoms with Crippen molar-refractivity contribution in [3.63, 3.8) is 0 Å². The predicted molar refractivity (Wildman–Crippen MR) is 161 cm³/mol. The Bertz CT molecular complexity index is 1240. The van der Waals surface area contributed by atoms with Gasteiger partial charge < -0.3 is 29.0 Å². The molecular weight excluding hydrogens is 536 g/mol. The summed E-state index contributed by atoms with van der Waals surface area (Å²) in [5, 5.41) is 11.5. The van der Waals surface area contributed by atoms with Crippen molar-refractivity contribution in [1.29, 1.82) is 0 Å². The predicted octanol–water partition coefficient (Wildman–Crippen LogP) is 5.05. The van der Waals surface area contributed by atoms with Crippen molar-refractivity contribution in [1.82, 2.24) is 9.80 Å². The van der Waals surface area contributed by atoms with Crippen molar-refractivity contribution in [2.75, 3.05) is 59.2 Å². The molecule has 0 bridgehead atoms. The number of Topliss-reactive ketones (excluding diaryl/α,β-unsaturated/α-hetero) is 1. The maximum absolute atomic E-state index is 13.5. The quantitative estimate of drug-likeness (QED) is 0.188. The smallest absolute Gasteiger partial charge is 0.295 e. The lowest BCUT2D eigenvalue weighted by Gasteiger charge is -2.29. The second-order valence-electron chi connectivity index (χ2n) is 10.9. The van der Waals surface area contributed by atoms with Gasteiger partial charge in [0.25, 0.3) is 11.7 Å². The Hall–Kier alpha value is -3.56. The number of carbonyl (C=O) groups excluding carboxylic acids is 2. The van der Waals surface area contributed by atoms with Crippen molar-refractivity contribution in [3.05, 3.63) is 59.2 Å². The third kappa shape index (κ3) is 7.63. The molecule has 0 spiro atoms. The summed E-state index contributed by atoms with van der Waals surface area (Å²) in [7, 11) is 0. The molecular formula is C33H44N2O7. The molecule has 2 aliphatic rings. The van der Waals surface area contributed by atoms with E-state index in [1.54, 1.807) is 29.2 Å². The normalized spacial score (nSPS) is 19.0. The second-order valence-corrected chi connectivity index (χ2v) is 10.9. The van der Waals surface area contributed by atoms with Gasteiger partial charge in [0.15, 0.2) is 11.5 Å². The van der Waals surface area contributed by atoms with Gasteiger partial charge in [-0.05, 0) is 74.6 Å². The van der Waals surface area contributed by atoms with E-state index in [2.05, 4.69) is 18.7 Å². The number of carbonyl (C=O) groups is 2. The van der Waals surface area contributed by atoms with E-state index in [1.807, 2.05) is 32.0 Å². The number of likely N-dealkylation sites (tertiary alicyclic amines) is 1. The van der Waals surface area contributed by atoms with Crippen LogP contribution in [0.25, 0.3) is 5.76 Å². The Morgan fingerprint density at radius 3 is 2.33 bits per heavy atom. The molecule has 0 aliphatic carbocycles. The Morgan fingerprint density at radius 2 is 1.67 bits per heavy atom. The van der Waals surface area contributed by atoms with E-state index in [4.69, 9.17) is 18.9 Å². The average Bonchev–Trinajstić information content (AvgIpc) is 3.24. The van der Waals surface area contributed by atoms with E-state index in [1.165, 1.54) is 0 Å². The summed E-state index contributed by atoms with van der Waals surface area (Å²) < 4.78 is 22.9. The largest absolute Gasteiger partial charge is 0.507 e. The number of benzene rings is 2. The lowest BCUT2D eigenvalue weighted by molar-refractivity contribution is -0.140. The maximum Gasteiger partial charge on any atom is 0.295 e. The van der Waals surface area contributed by atoms with Gasteiger partial charge in [0, 0.05) is 31.7 Å². The highest BCUT2D eigenvalue weighted by atomic mass is 16.5. The molecule has 42 heavy (non-hydrogen) atoms. The van der Waals surface area contributed by atoms with Crippen LogP contribution in [-0.4, -0.2) is 85.8 Å². The first-order valence-electron chi connectivity index (χ1n) is 15.0. The highest BCUT2D eigenvalue weighted by molar-refractivity contribution is 6.46. The zero-order chi connectivity index (χ0) is 30.1. The van der Waals surface area contributed by atoms with Gasteiger partial charge in [0.05, 0.1) is 44.6 Å². The highest BCUT2D eigenvalue weighted by Gasteiger charge is 2.46. The highest BCUT2D eigenvalue weighted by Crippen LogP contribution is 2.42. The number of ketones is 1. The summed E-state index contributed by atoms with van der Waals surface area (Å²) in [6, 6.07) is 11.6. The van der Waals surface area contributed by atoms with Crippen LogP contribution in [0.1, 0.15) is 57.7 Å². The van der Waals surface area contributed by atoms with Gasteiger partial charge in [-0.25, -0.2) is 0 Å². The van der Waals surface area contributed by atoms with Crippen LogP contribution in [0.4, 0.5) is 0 Å². The molecule has 2 saturated heterocycles. The molecule has 2 heterocycles.